The molecule has 1 aliphatic rings. The third-order valence-corrected chi connectivity index (χ3v) is 2.33. The van der Waals surface area contributed by atoms with Gasteiger partial charge in [-0.3, -0.25) is 9.59 Å². The van der Waals surface area contributed by atoms with Crippen LogP contribution >= 0.6 is 0 Å². The lowest BCUT2D eigenvalue weighted by Crippen LogP contribution is -2.24. The summed E-state index contributed by atoms with van der Waals surface area (Å²) in [7, 11) is 0. The highest BCUT2D eigenvalue weighted by atomic mass is 16.5. The van der Waals surface area contributed by atoms with Crippen molar-refractivity contribution in [1.82, 2.24) is 0 Å². The first-order valence-electron chi connectivity index (χ1n) is 4.37. The summed E-state index contributed by atoms with van der Waals surface area (Å²) in [5.41, 5.74) is 0. The molecule has 3 heteroatoms. The Kier molecular flexibility index (Phi) is 2.84. The molecule has 0 aromatic heterocycles. The average Bonchev–Trinajstić information content (AvgIpc) is 2.49. The van der Waals surface area contributed by atoms with Crippen LogP contribution in [-0.4, -0.2) is 17.9 Å². The van der Waals surface area contributed by atoms with Gasteiger partial charge in [-0.1, -0.05) is 13.8 Å². The van der Waals surface area contributed by atoms with Gasteiger partial charge < -0.3 is 4.74 Å². The topological polar surface area (TPSA) is 43.4 Å². The predicted molar refractivity (Wildman–Crippen MR) is 43.6 cm³/mol. The molecule has 0 unspecified atom stereocenters. The Morgan fingerprint density at radius 1 is 1.75 bits per heavy atom. The molecule has 1 aliphatic heterocycles. The fourth-order valence-electron chi connectivity index (χ4n) is 1.43. The van der Waals surface area contributed by atoms with Gasteiger partial charge in [0.1, 0.15) is 11.9 Å². The number of carbonyl (C=O) groups is 2. The van der Waals surface area contributed by atoms with Crippen molar-refractivity contribution in [3.63, 3.8) is 0 Å². The summed E-state index contributed by atoms with van der Waals surface area (Å²) in [5, 5.41) is 0. The third kappa shape index (κ3) is 1.84. The lowest BCUT2D eigenvalue weighted by molar-refractivity contribution is -0.144. The molecule has 0 amide bonds. The van der Waals surface area contributed by atoms with Gasteiger partial charge in [0.15, 0.2) is 0 Å². The second-order valence-electron chi connectivity index (χ2n) is 3.18. The molecular weight excluding hydrogens is 156 g/mol. The summed E-state index contributed by atoms with van der Waals surface area (Å²) < 4.78 is 4.99. The van der Waals surface area contributed by atoms with Crippen LogP contribution in [-0.2, 0) is 14.3 Å². The fourth-order valence-corrected chi connectivity index (χ4v) is 1.43. The van der Waals surface area contributed by atoms with Crippen LogP contribution in [0.4, 0.5) is 0 Å². The zero-order valence-electron chi connectivity index (χ0n) is 7.50. The van der Waals surface area contributed by atoms with Gasteiger partial charge in [0.25, 0.3) is 0 Å². The SMILES string of the molecule is CCC(=O)[C@@H](C)[C@@H]1CCC(=O)O1. The van der Waals surface area contributed by atoms with E-state index in [9.17, 15) is 9.59 Å². The molecule has 0 aliphatic carbocycles. The molecule has 3 nitrogen and oxygen atoms in total. The van der Waals surface area contributed by atoms with Crippen molar-refractivity contribution in [3.05, 3.63) is 0 Å². The number of carbonyl (C=O) groups excluding carboxylic acids is 2. The highest BCUT2D eigenvalue weighted by molar-refractivity contribution is 5.82. The number of cyclic esters (lactones) is 1. The van der Waals surface area contributed by atoms with Crippen LogP contribution in [0.3, 0.4) is 0 Å². The van der Waals surface area contributed by atoms with Crippen LogP contribution in [0.15, 0.2) is 0 Å². The minimum atomic E-state index is -0.171. The van der Waals surface area contributed by atoms with E-state index in [0.717, 1.165) is 0 Å². The molecule has 68 valence electrons. The molecule has 1 fully saturated rings. The Morgan fingerprint density at radius 2 is 2.42 bits per heavy atom. The van der Waals surface area contributed by atoms with Crippen molar-refractivity contribution in [3.8, 4) is 0 Å². The van der Waals surface area contributed by atoms with Gasteiger partial charge in [0.05, 0.1) is 5.92 Å². The Hall–Kier alpha value is -0.860. The molecule has 0 aromatic carbocycles. The van der Waals surface area contributed by atoms with Crippen LogP contribution in [0.1, 0.15) is 33.1 Å². The predicted octanol–water partition coefficient (Wildman–Crippen LogP) is 1.31. The summed E-state index contributed by atoms with van der Waals surface area (Å²) in [6.45, 7) is 3.66. The fraction of sp³-hybridized carbons (Fsp3) is 0.778. The van der Waals surface area contributed by atoms with E-state index < -0.39 is 0 Å². The molecular formula is C9H14O3. The average molecular weight is 170 g/mol. The molecule has 1 saturated heterocycles. The number of hydrogen-bond acceptors (Lipinski definition) is 3. The maximum Gasteiger partial charge on any atom is 0.306 e. The van der Waals surface area contributed by atoms with Crippen molar-refractivity contribution in [2.24, 2.45) is 5.92 Å². The number of rotatable bonds is 3. The second-order valence-corrected chi connectivity index (χ2v) is 3.18. The zero-order chi connectivity index (χ0) is 9.14. The van der Waals surface area contributed by atoms with E-state index in [0.29, 0.717) is 19.3 Å². The quantitative estimate of drug-likeness (QED) is 0.600. The maximum atomic E-state index is 11.2. The number of Topliss-reactive ketones (excluding diaryl/α,β-unsaturated/α-hetero) is 1. The Labute approximate surface area is 72.1 Å². The number of ketones is 1. The summed E-state index contributed by atoms with van der Waals surface area (Å²) in [5.74, 6) is -0.119. The van der Waals surface area contributed by atoms with Crippen LogP contribution in [0.5, 0.6) is 0 Å². The molecule has 0 bridgehead atoms. The van der Waals surface area contributed by atoms with Gasteiger partial charge in [-0.2, -0.15) is 0 Å². The monoisotopic (exact) mass is 170 g/mol. The smallest absolute Gasteiger partial charge is 0.306 e. The van der Waals surface area contributed by atoms with Crippen molar-refractivity contribution in [2.75, 3.05) is 0 Å². The normalized spacial score (nSPS) is 25.2. The number of ether oxygens (including phenoxy) is 1. The summed E-state index contributed by atoms with van der Waals surface area (Å²) in [6.07, 6.45) is 1.53. The Morgan fingerprint density at radius 3 is 2.83 bits per heavy atom. The van der Waals surface area contributed by atoms with Gasteiger partial charge in [-0.15, -0.1) is 0 Å². The van der Waals surface area contributed by atoms with Crippen molar-refractivity contribution < 1.29 is 14.3 Å². The van der Waals surface area contributed by atoms with E-state index >= 15 is 0 Å². The highest BCUT2D eigenvalue weighted by Gasteiger charge is 2.31. The molecule has 0 saturated carbocycles. The molecule has 2 atom stereocenters. The first-order valence-corrected chi connectivity index (χ1v) is 4.37. The largest absolute Gasteiger partial charge is 0.462 e. The standard InChI is InChI=1S/C9H14O3/c1-3-7(10)6(2)8-4-5-9(11)12-8/h6,8H,3-5H2,1-2H3/t6-,8+/m1/s1. The van der Waals surface area contributed by atoms with Gasteiger partial charge >= 0.3 is 5.97 Å². The van der Waals surface area contributed by atoms with Gasteiger partial charge in [-0.25, -0.2) is 0 Å². The second kappa shape index (κ2) is 3.70. The molecule has 1 rings (SSSR count). The molecule has 0 spiro atoms. The first kappa shape index (κ1) is 9.23. The molecule has 0 N–H and O–H groups in total. The van der Waals surface area contributed by atoms with E-state index in [-0.39, 0.29) is 23.8 Å². The maximum absolute atomic E-state index is 11.2. The highest BCUT2D eigenvalue weighted by Crippen LogP contribution is 2.22. The summed E-state index contributed by atoms with van der Waals surface area (Å²) >= 11 is 0. The van der Waals surface area contributed by atoms with E-state index in [1.165, 1.54) is 0 Å². The lowest BCUT2D eigenvalue weighted by atomic mass is 9.96. The van der Waals surface area contributed by atoms with Crippen molar-refractivity contribution in [2.45, 2.75) is 39.2 Å². The van der Waals surface area contributed by atoms with Gasteiger partial charge in [0.2, 0.25) is 0 Å². The molecule has 0 aromatic rings. The first-order chi connectivity index (χ1) is 5.65. The van der Waals surface area contributed by atoms with E-state index in [1.807, 2.05) is 13.8 Å². The van der Waals surface area contributed by atoms with Crippen LogP contribution in [0, 0.1) is 5.92 Å². The Balaban J connectivity index is 2.48. The molecule has 12 heavy (non-hydrogen) atoms. The minimum Gasteiger partial charge on any atom is -0.462 e. The summed E-state index contributed by atoms with van der Waals surface area (Å²) in [4.78, 5) is 21.9. The summed E-state index contributed by atoms with van der Waals surface area (Å²) in [6, 6.07) is 0. The van der Waals surface area contributed by atoms with Gasteiger partial charge in [-0.05, 0) is 6.42 Å². The lowest BCUT2D eigenvalue weighted by Gasteiger charge is -2.15. The van der Waals surface area contributed by atoms with Crippen LogP contribution < -0.4 is 0 Å². The molecule has 0 radical (unpaired) electrons. The zero-order valence-corrected chi connectivity index (χ0v) is 7.50. The Bertz CT molecular complexity index is 198. The van der Waals surface area contributed by atoms with Gasteiger partial charge in [0, 0.05) is 12.8 Å². The van der Waals surface area contributed by atoms with E-state index in [4.69, 9.17) is 4.74 Å². The molecule has 1 heterocycles. The van der Waals surface area contributed by atoms with Crippen molar-refractivity contribution in [1.29, 1.82) is 0 Å². The third-order valence-electron chi connectivity index (χ3n) is 2.33. The number of hydrogen-bond donors (Lipinski definition) is 0. The number of esters is 1. The minimum absolute atomic E-state index is 0.124. The van der Waals surface area contributed by atoms with Crippen LogP contribution in [0.2, 0.25) is 0 Å². The van der Waals surface area contributed by atoms with Crippen molar-refractivity contribution >= 4 is 11.8 Å². The van der Waals surface area contributed by atoms with E-state index in [1.54, 1.807) is 0 Å². The van der Waals surface area contributed by atoms with E-state index in [2.05, 4.69) is 0 Å². The van der Waals surface area contributed by atoms with Crippen LogP contribution in [0.25, 0.3) is 0 Å².